The van der Waals surface area contributed by atoms with E-state index < -0.39 is 0 Å². The van der Waals surface area contributed by atoms with Crippen molar-refractivity contribution in [2.24, 2.45) is 0 Å². The summed E-state index contributed by atoms with van der Waals surface area (Å²) >= 11 is 4.93. The molecular weight excluding hydrogens is 168 g/mol. The zero-order valence-corrected chi connectivity index (χ0v) is 9.08. The highest BCUT2D eigenvalue weighted by atomic mass is 32.1. The van der Waals surface area contributed by atoms with Crippen molar-refractivity contribution in [1.29, 1.82) is 0 Å². The SMILES string of the molecule is CCCCCCCCC(=S)OC. The number of ether oxygens (including phenoxy) is 1. The third-order valence-electron chi connectivity index (χ3n) is 1.96. The van der Waals surface area contributed by atoms with Gasteiger partial charge in [0.2, 0.25) is 0 Å². The first-order valence-electron chi connectivity index (χ1n) is 4.88. The van der Waals surface area contributed by atoms with Gasteiger partial charge in [-0.3, -0.25) is 0 Å². The average molecular weight is 188 g/mol. The Labute approximate surface area is 81.5 Å². The van der Waals surface area contributed by atoms with Crippen LogP contribution in [0.15, 0.2) is 0 Å². The lowest BCUT2D eigenvalue weighted by Gasteiger charge is -2.01. The minimum Gasteiger partial charge on any atom is -0.490 e. The van der Waals surface area contributed by atoms with E-state index in [0.29, 0.717) is 0 Å². The van der Waals surface area contributed by atoms with E-state index in [4.69, 9.17) is 17.0 Å². The van der Waals surface area contributed by atoms with Gasteiger partial charge in [0, 0.05) is 6.42 Å². The fourth-order valence-electron chi connectivity index (χ4n) is 1.15. The molecule has 0 aromatic heterocycles. The number of thiocarbonyl (C=S) groups is 1. The number of rotatable bonds is 7. The third-order valence-corrected chi connectivity index (χ3v) is 2.33. The lowest BCUT2D eigenvalue weighted by atomic mass is 10.1. The summed E-state index contributed by atoms with van der Waals surface area (Å²) in [6.07, 6.45) is 8.85. The second kappa shape index (κ2) is 8.98. The fraction of sp³-hybridized carbons (Fsp3) is 0.900. The molecule has 0 amide bonds. The van der Waals surface area contributed by atoms with Gasteiger partial charge in [-0.25, -0.2) is 0 Å². The highest BCUT2D eigenvalue weighted by Crippen LogP contribution is 2.07. The van der Waals surface area contributed by atoms with Crippen LogP contribution in [0.5, 0.6) is 0 Å². The van der Waals surface area contributed by atoms with E-state index in [1.54, 1.807) is 7.11 Å². The molecule has 12 heavy (non-hydrogen) atoms. The molecule has 0 aromatic carbocycles. The molecule has 0 aliphatic heterocycles. The first-order chi connectivity index (χ1) is 5.81. The van der Waals surface area contributed by atoms with Crippen molar-refractivity contribution in [2.75, 3.05) is 7.11 Å². The Morgan fingerprint density at radius 3 is 2.25 bits per heavy atom. The molecule has 0 aromatic rings. The van der Waals surface area contributed by atoms with Crippen molar-refractivity contribution in [3.8, 4) is 0 Å². The van der Waals surface area contributed by atoms with Crippen LogP contribution < -0.4 is 0 Å². The van der Waals surface area contributed by atoms with Gasteiger partial charge in [-0.2, -0.15) is 0 Å². The maximum atomic E-state index is 4.93. The van der Waals surface area contributed by atoms with Crippen LogP contribution in [0.3, 0.4) is 0 Å². The molecule has 0 unspecified atom stereocenters. The quantitative estimate of drug-likeness (QED) is 0.445. The summed E-state index contributed by atoms with van der Waals surface area (Å²) in [5.74, 6) is 0. The second-order valence-electron chi connectivity index (χ2n) is 3.09. The summed E-state index contributed by atoms with van der Waals surface area (Å²) in [6.45, 7) is 2.24. The highest BCUT2D eigenvalue weighted by Gasteiger charge is 1.94. The van der Waals surface area contributed by atoms with Gasteiger partial charge in [0.05, 0.1) is 7.11 Å². The lowest BCUT2D eigenvalue weighted by Crippen LogP contribution is -1.96. The van der Waals surface area contributed by atoms with E-state index in [0.717, 1.165) is 11.5 Å². The predicted molar refractivity (Wildman–Crippen MR) is 57.6 cm³/mol. The smallest absolute Gasteiger partial charge is 0.159 e. The summed E-state index contributed by atoms with van der Waals surface area (Å²) in [7, 11) is 1.65. The van der Waals surface area contributed by atoms with Crippen LogP contribution in [0.1, 0.15) is 51.9 Å². The van der Waals surface area contributed by atoms with Gasteiger partial charge in [0.1, 0.15) is 0 Å². The van der Waals surface area contributed by atoms with Crippen LogP contribution in [0.2, 0.25) is 0 Å². The molecule has 0 N–H and O–H groups in total. The lowest BCUT2D eigenvalue weighted by molar-refractivity contribution is 0.399. The molecule has 0 bridgehead atoms. The molecule has 0 heterocycles. The van der Waals surface area contributed by atoms with Crippen LogP contribution in [0.25, 0.3) is 0 Å². The number of unbranched alkanes of at least 4 members (excludes halogenated alkanes) is 5. The van der Waals surface area contributed by atoms with E-state index >= 15 is 0 Å². The fourth-order valence-corrected chi connectivity index (χ4v) is 1.30. The molecule has 0 aliphatic carbocycles. The molecule has 0 aliphatic rings. The molecule has 0 saturated carbocycles. The molecule has 0 atom stereocenters. The number of hydrogen-bond acceptors (Lipinski definition) is 2. The molecule has 0 radical (unpaired) electrons. The molecular formula is C10H20OS. The summed E-state index contributed by atoms with van der Waals surface area (Å²) in [5.41, 5.74) is 0. The standard InChI is InChI=1S/C10H20OS/c1-3-4-5-6-7-8-9-10(12)11-2/h3-9H2,1-2H3. The second-order valence-corrected chi connectivity index (χ2v) is 3.55. The van der Waals surface area contributed by atoms with Crippen LogP contribution in [-0.2, 0) is 4.74 Å². The molecule has 0 rings (SSSR count). The third kappa shape index (κ3) is 7.99. The largest absolute Gasteiger partial charge is 0.490 e. The summed E-state index contributed by atoms with van der Waals surface area (Å²) in [5, 5.41) is 0.755. The number of hydrogen-bond donors (Lipinski definition) is 0. The first-order valence-corrected chi connectivity index (χ1v) is 5.29. The van der Waals surface area contributed by atoms with Crippen LogP contribution in [-0.4, -0.2) is 12.2 Å². The monoisotopic (exact) mass is 188 g/mol. The van der Waals surface area contributed by atoms with Crippen molar-refractivity contribution in [3.05, 3.63) is 0 Å². The first kappa shape index (κ1) is 11.9. The molecule has 0 fully saturated rings. The Morgan fingerprint density at radius 1 is 1.08 bits per heavy atom. The van der Waals surface area contributed by atoms with Gasteiger partial charge < -0.3 is 4.74 Å². The molecule has 2 heteroatoms. The van der Waals surface area contributed by atoms with Crippen LogP contribution in [0.4, 0.5) is 0 Å². The maximum Gasteiger partial charge on any atom is 0.159 e. The molecule has 0 spiro atoms. The Balaban J connectivity index is 2.95. The minimum absolute atomic E-state index is 0.755. The Morgan fingerprint density at radius 2 is 1.67 bits per heavy atom. The van der Waals surface area contributed by atoms with Gasteiger partial charge in [0.25, 0.3) is 0 Å². The Kier molecular flexibility index (Phi) is 8.90. The highest BCUT2D eigenvalue weighted by molar-refractivity contribution is 7.80. The topological polar surface area (TPSA) is 9.23 Å². The van der Waals surface area contributed by atoms with Crippen LogP contribution >= 0.6 is 12.2 Å². The summed E-state index contributed by atoms with van der Waals surface area (Å²) in [4.78, 5) is 0. The Hall–Kier alpha value is -0.110. The van der Waals surface area contributed by atoms with Crippen molar-refractivity contribution in [1.82, 2.24) is 0 Å². The summed E-state index contributed by atoms with van der Waals surface area (Å²) in [6, 6.07) is 0. The van der Waals surface area contributed by atoms with Gasteiger partial charge >= 0.3 is 0 Å². The van der Waals surface area contributed by atoms with E-state index in [-0.39, 0.29) is 0 Å². The normalized spacial score (nSPS) is 9.83. The average Bonchev–Trinajstić information content (AvgIpc) is 2.10. The van der Waals surface area contributed by atoms with Crippen LogP contribution in [0, 0.1) is 0 Å². The minimum atomic E-state index is 0.755. The zero-order valence-electron chi connectivity index (χ0n) is 8.27. The summed E-state index contributed by atoms with van der Waals surface area (Å²) < 4.78 is 4.91. The van der Waals surface area contributed by atoms with Gasteiger partial charge in [-0.15, -0.1) is 0 Å². The van der Waals surface area contributed by atoms with E-state index in [2.05, 4.69) is 6.92 Å². The maximum absolute atomic E-state index is 4.93. The van der Waals surface area contributed by atoms with Crippen molar-refractivity contribution in [3.63, 3.8) is 0 Å². The molecule has 1 nitrogen and oxygen atoms in total. The van der Waals surface area contributed by atoms with Crippen molar-refractivity contribution < 1.29 is 4.74 Å². The Bertz CT molecular complexity index is 112. The van der Waals surface area contributed by atoms with E-state index in [9.17, 15) is 0 Å². The van der Waals surface area contributed by atoms with Gasteiger partial charge in [0.15, 0.2) is 5.05 Å². The van der Waals surface area contributed by atoms with E-state index in [1.807, 2.05) is 0 Å². The molecule has 72 valence electrons. The van der Waals surface area contributed by atoms with Crippen molar-refractivity contribution in [2.45, 2.75) is 51.9 Å². The molecule has 0 saturated heterocycles. The van der Waals surface area contributed by atoms with Gasteiger partial charge in [-0.1, -0.05) is 39.0 Å². The van der Waals surface area contributed by atoms with E-state index in [1.165, 1.54) is 38.5 Å². The number of methoxy groups -OCH3 is 1. The predicted octanol–water partition coefficient (Wildman–Crippen LogP) is 3.71. The van der Waals surface area contributed by atoms with Gasteiger partial charge in [-0.05, 0) is 18.6 Å². The van der Waals surface area contributed by atoms with Crippen molar-refractivity contribution >= 4 is 17.3 Å². The zero-order chi connectivity index (χ0) is 9.23.